The van der Waals surface area contributed by atoms with Crippen molar-refractivity contribution in [2.45, 2.75) is 12.6 Å². The molecule has 2 aromatic rings. The second kappa shape index (κ2) is 7.34. The van der Waals surface area contributed by atoms with Crippen LogP contribution in [0.2, 0.25) is 10.0 Å². The molecule has 0 saturated carbocycles. The van der Waals surface area contributed by atoms with E-state index in [4.69, 9.17) is 27.9 Å². The van der Waals surface area contributed by atoms with E-state index in [1.807, 2.05) is 0 Å². The molecule has 2 aromatic carbocycles. The minimum atomic E-state index is -3.55. The number of sulfonamides is 1. The minimum absolute atomic E-state index is 0.101. The highest BCUT2D eigenvalue weighted by atomic mass is 35.5. The Balaban J connectivity index is 1.76. The molecule has 0 radical (unpaired) electrons. The van der Waals surface area contributed by atoms with Crippen LogP contribution in [0, 0.1) is 0 Å². The molecule has 6 nitrogen and oxygen atoms in total. The largest absolute Gasteiger partial charge is 0.476 e. The first-order chi connectivity index (χ1) is 12.3. The average Bonchev–Trinajstić information content (AvgIpc) is 2.59. The summed E-state index contributed by atoms with van der Waals surface area (Å²) >= 11 is 11.9. The number of anilines is 1. The molecule has 1 aliphatic rings. The normalized spacial score (nSPS) is 16.6. The topological polar surface area (TPSA) is 75.7 Å². The van der Waals surface area contributed by atoms with Crippen LogP contribution in [0.1, 0.15) is 5.56 Å². The van der Waals surface area contributed by atoms with Gasteiger partial charge in [0.2, 0.25) is 10.0 Å². The second-order valence-electron chi connectivity index (χ2n) is 5.82. The zero-order valence-electron chi connectivity index (χ0n) is 13.8. The van der Waals surface area contributed by atoms with Gasteiger partial charge in [0, 0.05) is 16.6 Å². The van der Waals surface area contributed by atoms with Gasteiger partial charge < -0.3 is 10.1 Å². The Morgan fingerprint density at radius 2 is 2.00 bits per heavy atom. The van der Waals surface area contributed by atoms with E-state index in [0.29, 0.717) is 27.0 Å². The lowest BCUT2D eigenvalue weighted by atomic mass is 10.2. The van der Waals surface area contributed by atoms with E-state index < -0.39 is 22.0 Å². The zero-order valence-corrected chi connectivity index (χ0v) is 16.1. The van der Waals surface area contributed by atoms with E-state index in [1.54, 1.807) is 42.5 Å². The summed E-state index contributed by atoms with van der Waals surface area (Å²) in [7, 11) is -3.55. The van der Waals surface area contributed by atoms with Crippen molar-refractivity contribution in [2.75, 3.05) is 17.1 Å². The van der Waals surface area contributed by atoms with Gasteiger partial charge in [0.15, 0.2) is 6.10 Å². The van der Waals surface area contributed by atoms with Gasteiger partial charge in [-0.2, -0.15) is 0 Å². The number of nitrogens with one attached hydrogen (secondary N) is 1. The first kappa shape index (κ1) is 18.8. The van der Waals surface area contributed by atoms with Crippen molar-refractivity contribution < 1.29 is 17.9 Å². The van der Waals surface area contributed by atoms with Crippen molar-refractivity contribution in [1.82, 2.24) is 5.32 Å². The van der Waals surface area contributed by atoms with E-state index in [9.17, 15) is 13.2 Å². The third kappa shape index (κ3) is 4.06. The number of carbonyl (C=O) groups is 1. The maximum atomic E-state index is 12.5. The van der Waals surface area contributed by atoms with Crippen LogP contribution in [0.4, 0.5) is 5.69 Å². The first-order valence-electron chi connectivity index (χ1n) is 7.71. The Morgan fingerprint density at radius 1 is 1.27 bits per heavy atom. The monoisotopic (exact) mass is 414 g/mol. The first-order valence-corrected chi connectivity index (χ1v) is 10.3. The number of ether oxygens (including phenoxy) is 1. The number of para-hydroxylation sites is 2. The summed E-state index contributed by atoms with van der Waals surface area (Å²) in [5, 5.41) is 3.66. The lowest BCUT2D eigenvalue weighted by molar-refractivity contribution is -0.127. The summed E-state index contributed by atoms with van der Waals surface area (Å²) in [5.41, 5.74) is 1.11. The van der Waals surface area contributed by atoms with Crippen LogP contribution in [0.3, 0.4) is 0 Å². The van der Waals surface area contributed by atoms with Gasteiger partial charge in [-0.3, -0.25) is 9.10 Å². The summed E-state index contributed by atoms with van der Waals surface area (Å²) < 4.78 is 31.0. The van der Waals surface area contributed by atoms with Crippen molar-refractivity contribution in [3.63, 3.8) is 0 Å². The highest BCUT2D eigenvalue weighted by Gasteiger charge is 2.34. The summed E-state index contributed by atoms with van der Waals surface area (Å²) in [4.78, 5) is 12.5. The van der Waals surface area contributed by atoms with Crippen LogP contribution in [0.15, 0.2) is 42.5 Å². The molecule has 0 fully saturated rings. The molecule has 1 N–H and O–H groups in total. The van der Waals surface area contributed by atoms with Gasteiger partial charge in [-0.1, -0.05) is 41.4 Å². The van der Waals surface area contributed by atoms with Crippen LogP contribution in [-0.4, -0.2) is 33.2 Å². The molecule has 9 heteroatoms. The Bertz CT molecular complexity index is 950. The molecule has 138 valence electrons. The van der Waals surface area contributed by atoms with Crippen molar-refractivity contribution in [3.05, 3.63) is 58.1 Å². The molecule has 1 aliphatic heterocycles. The smallest absolute Gasteiger partial charge is 0.263 e. The molecule has 26 heavy (non-hydrogen) atoms. The molecule has 1 heterocycles. The molecule has 0 aliphatic carbocycles. The van der Waals surface area contributed by atoms with Crippen molar-refractivity contribution in [3.8, 4) is 5.75 Å². The lowest BCUT2D eigenvalue weighted by Gasteiger charge is -2.33. The highest BCUT2D eigenvalue weighted by Crippen LogP contribution is 2.34. The van der Waals surface area contributed by atoms with Crippen LogP contribution >= 0.6 is 23.2 Å². The van der Waals surface area contributed by atoms with E-state index in [2.05, 4.69) is 5.32 Å². The van der Waals surface area contributed by atoms with Crippen molar-refractivity contribution in [1.29, 1.82) is 0 Å². The van der Waals surface area contributed by atoms with Gasteiger partial charge >= 0.3 is 0 Å². The van der Waals surface area contributed by atoms with Gasteiger partial charge in [-0.15, -0.1) is 0 Å². The molecule has 1 atom stereocenters. The summed E-state index contributed by atoms with van der Waals surface area (Å²) in [5.74, 6) is -0.0898. The number of hydrogen-bond acceptors (Lipinski definition) is 4. The molecule has 0 aromatic heterocycles. The third-order valence-corrected chi connectivity index (χ3v) is 5.63. The second-order valence-corrected chi connectivity index (χ2v) is 8.57. The van der Waals surface area contributed by atoms with Gasteiger partial charge in [0.05, 0.1) is 18.5 Å². The number of hydrogen-bond donors (Lipinski definition) is 1. The summed E-state index contributed by atoms with van der Waals surface area (Å²) in [6, 6.07) is 11.7. The predicted octanol–water partition coefficient (Wildman–Crippen LogP) is 2.84. The SMILES string of the molecule is CS(=O)(=O)N1C[C@@H](C(=O)NCc2ccc(Cl)cc2Cl)Oc2ccccc21. The minimum Gasteiger partial charge on any atom is -0.476 e. The van der Waals surface area contributed by atoms with Crippen molar-refractivity contribution in [2.24, 2.45) is 0 Å². The van der Waals surface area contributed by atoms with E-state index in [-0.39, 0.29) is 13.1 Å². The zero-order chi connectivity index (χ0) is 18.9. The van der Waals surface area contributed by atoms with Gasteiger partial charge in [0.25, 0.3) is 5.91 Å². The molecule has 0 bridgehead atoms. The molecule has 0 unspecified atom stereocenters. The Morgan fingerprint density at radius 3 is 2.69 bits per heavy atom. The molecular weight excluding hydrogens is 399 g/mol. The number of nitrogens with zero attached hydrogens (tertiary/aromatic N) is 1. The van der Waals surface area contributed by atoms with E-state index in [1.165, 1.54) is 4.31 Å². The molecule has 0 spiro atoms. The van der Waals surface area contributed by atoms with Crippen molar-refractivity contribution >= 4 is 44.8 Å². The van der Waals surface area contributed by atoms with E-state index in [0.717, 1.165) is 6.26 Å². The lowest BCUT2D eigenvalue weighted by Crippen LogP contribution is -2.50. The summed E-state index contributed by atoms with van der Waals surface area (Å²) in [6.45, 7) is 0.0747. The van der Waals surface area contributed by atoms with Crippen LogP contribution in [0.5, 0.6) is 5.75 Å². The standard InChI is InChI=1S/C17H16Cl2N2O4S/c1-26(23,24)21-10-16(25-15-5-3-2-4-14(15)21)17(22)20-9-11-6-7-12(18)8-13(11)19/h2-8,16H,9-10H2,1H3,(H,20,22)/t16-/m0/s1. The molecule has 3 rings (SSSR count). The predicted molar refractivity (Wildman–Crippen MR) is 101 cm³/mol. The van der Waals surface area contributed by atoms with E-state index >= 15 is 0 Å². The Labute approximate surface area is 161 Å². The molecule has 1 amide bonds. The fourth-order valence-corrected chi connectivity index (χ4v) is 4.00. The Hall–Kier alpha value is -1.96. The van der Waals surface area contributed by atoms with Gasteiger partial charge in [-0.05, 0) is 29.8 Å². The number of fused-ring (bicyclic) bond motifs is 1. The number of benzene rings is 2. The highest BCUT2D eigenvalue weighted by molar-refractivity contribution is 7.92. The fraction of sp³-hybridized carbons (Fsp3) is 0.235. The van der Waals surface area contributed by atoms with Crippen LogP contribution in [0.25, 0.3) is 0 Å². The molecule has 0 saturated heterocycles. The number of amides is 1. The number of halogens is 2. The van der Waals surface area contributed by atoms with Gasteiger partial charge in [0.1, 0.15) is 5.75 Å². The van der Waals surface area contributed by atoms with Crippen LogP contribution < -0.4 is 14.4 Å². The maximum Gasteiger partial charge on any atom is 0.263 e. The average molecular weight is 415 g/mol. The Kier molecular flexibility index (Phi) is 5.32. The third-order valence-electron chi connectivity index (χ3n) is 3.90. The van der Waals surface area contributed by atoms with Gasteiger partial charge in [-0.25, -0.2) is 8.42 Å². The summed E-state index contributed by atoms with van der Waals surface area (Å²) in [6.07, 6.45) is 0.128. The fourth-order valence-electron chi connectivity index (χ4n) is 2.61. The maximum absolute atomic E-state index is 12.5. The quantitative estimate of drug-likeness (QED) is 0.834. The number of carbonyl (C=O) groups excluding carboxylic acids is 1. The molecular formula is C17H16Cl2N2O4S. The number of rotatable bonds is 4. The van der Waals surface area contributed by atoms with Crippen LogP contribution in [-0.2, 0) is 21.4 Å².